The summed E-state index contributed by atoms with van der Waals surface area (Å²) in [6.45, 7) is 4.41. The standard InChI is InChI=1S/C18H23NO2.ClH/c1-3-21-18-11-7-5-9-16(18)14-19-13-12-15-8-4-6-10-17(15)20-2;/h4-11,19H,3,12-14H2,1-2H3;1H. The number of halogens is 1. The predicted octanol–water partition coefficient (Wildman–Crippen LogP) is 3.85. The van der Waals surface area contributed by atoms with E-state index < -0.39 is 0 Å². The molecule has 0 unspecified atom stereocenters. The van der Waals surface area contributed by atoms with Crippen LogP contribution in [0.15, 0.2) is 48.5 Å². The summed E-state index contributed by atoms with van der Waals surface area (Å²) in [4.78, 5) is 0. The van der Waals surface area contributed by atoms with Crippen LogP contribution in [-0.2, 0) is 13.0 Å². The van der Waals surface area contributed by atoms with Gasteiger partial charge >= 0.3 is 0 Å². The van der Waals surface area contributed by atoms with E-state index in [0.29, 0.717) is 6.61 Å². The number of methoxy groups -OCH3 is 1. The zero-order chi connectivity index (χ0) is 14.9. The molecule has 3 nitrogen and oxygen atoms in total. The number of nitrogens with one attached hydrogen (secondary N) is 1. The van der Waals surface area contributed by atoms with Gasteiger partial charge in [0.1, 0.15) is 11.5 Å². The van der Waals surface area contributed by atoms with Gasteiger partial charge in [-0.3, -0.25) is 0 Å². The molecule has 0 fully saturated rings. The van der Waals surface area contributed by atoms with E-state index in [1.54, 1.807) is 7.11 Å². The van der Waals surface area contributed by atoms with Crippen LogP contribution in [0, 0.1) is 0 Å². The Morgan fingerprint density at radius 2 is 1.55 bits per heavy atom. The topological polar surface area (TPSA) is 30.5 Å². The normalized spacial score (nSPS) is 9.91. The lowest BCUT2D eigenvalue weighted by atomic mass is 10.1. The Balaban J connectivity index is 0.00000242. The quantitative estimate of drug-likeness (QED) is 0.749. The van der Waals surface area contributed by atoms with Crippen LogP contribution in [0.5, 0.6) is 11.5 Å². The molecule has 2 aromatic carbocycles. The zero-order valence-electron chi connectivity index (χ0n) is 13.2. The average molecular weight is 322 g/mol. The van der Waals surface area contributed by atoms with E-state index in [0.717, 1.165) is 31.0 Å². The van der Waals surface area contributed by atoms with Crippen molar-refractivity contribution in [2.24, 2.45) is 0 Å². The van der Waals surface area contributed by atoms with E-state index in [1.165, 1.54) is 11.1 Å². The van der Waals surface area contributed by atoms with Crippen molar-refractivity contribution in [1.29, 1.82) is 0 Å². The summed E-state index contributed by atoms with van der Waals surface area (Å²) >= 11 is 0. The minimum absolute atomic E-state index is 0. The van der Waals surface area contributed by atoms with E-state index in [4.69, 9.17) is 9.47 Å². The average Bonchev–Trinajstić information content (AvgIpc) is 2.53. The molecular formula is C18H24ClNO2. The van der Waals surface area contributed by atoms with Crippen molar-refractivity contribution in [3.63, 3.8) is 0 Å². The Morgan fingerprint density at radius 3 is 2.23 bits per heavy atom. The summed E-state index contributed by atoms with van der Waals surface area (Å²) in [5.74, 6) is 1.92. The van der Waals surface area contributed by atoms with Crippen LogP contribution in [0.2, 0.25) is 0 Å². The van der Waals surface area contributed by atoms with E-state index in [2.05, 4.69) is 17.4 Å². The molecule has 120 valence electrons. The van der Waals surface area contributed by atoms with E-state index in [1.807, 2.05) is 43.3 Å². The fraction of sp³-hybridized carbons (Fsp3) is 0.333. The lowest BCUT2D eigenvalue weighted by molar-refractivity contribution is 0.335. The molecule has 0 spiro atoms. The molecule has 22 heavy (non-hydrogen) atoms. The molecule has 0 saturated heterocycles. The summed E-state index contributed by atoms with van der Waals surface area (Å²) in [6, 6.07) is 16.3. The number of rotatable bonds is 8. The highest BCUT2D eigenvalue weighted by Crippen LogP contribution is 2.19. The van der Waals surface area contributed by atoms with Gasteiger partial charge in [-0.1, -0.05) is 36.4 Å². The van der Waals surface area contributed by atoms with Gasteiger partial charge in [-0.2, -0.15) is 0 Å². The molecule has 0 aliphatic rings. The second-order valence-corrected chi connectivity index (χ2v) is 4.78. The maximum absolute atomic E-state index is 5.63. The SMILES string of the molecule is CCOc1ccccc1CNCCc1ccccc1OC.Cl. The summed E-state index contributed by atoms with van der Waals surface area (Å²) in [6.07, 6.45) is 0.945. The molecule has 2 rings (SSSR count). The van der Waals surface area contributed by atoms with Gasteiger partial charge in [0.25, 0.3) is 0 Å². The highest BCUT2D eigenvalue weighted by molar-refractivity contribution is 5.85. The van der Waals surface area contributed by atoms with Crippen molar-refractivity contribution in [2.75, 3.05) is 20.3 Å². The minimum Gasteiger partial charge on any atom is -0.496 e. The second kappa shape index (κ2) is 10.1. The van der Waals surface area contributed by atoms with Gasteiger partial charge in [0.15, 0.2) is 0 Å². The minimum atomic E-state index is 0. The highest BCUT2D eigenvalue weighted by Gasteiger charge is 2.03. The van der Waals surface area contributed by atoms with Gasteiger partial charge in [0.2, 0.25) is 0 Å². The molecule has 0 saturated carbocycles. The van der Waals surface area contributed by atoms with Crippen LogP contribution in [0.25, 0.3) is 0 Å². The number of hydrogen-bond acceptors (Lipinski definition) is 3. The molecule has 0 aliphatic heterocycles. The molecule has 4 heteroatoms. The molecule has 0 aliphatic carbocycles. The first-order valence-electron chi connectivity index (χ1n) is 7.38. The molecule has 0 bridgehead atoms. The summed E-state index contributed by atoms with van der Waals surface area (Å²) in [5.41, 5.74) is 2.42. The fourth-order valence-corrected chi connectivity index (χ4v) is 2.30. The third-order valence-corrected chi connectivity index (χ3v) is 3.35. The van der Waals surface area contributed by atoms with Gasteiger partial charge < -0.3 is 14.8 Å². The van der Waals surface area contributed by atoms with Gasteiger partial charge in [-0.25, -0.2) is 0 Å². The fourth-order valence-electron chi connectivity index (χ4n) is 2.30. The first kappa shape index (κ1) is 18.3. The first-order valence-corrected chi connectivity index (χ1v) is 7.38. The number of hydrogen-bond donors (Lipinski definition) is 1. The Bertz CT molecular complexity index is 560. The monoisotopic (exact) mass is 321 g/mol. The largest absolute Gasteiger partial charge is 0.496 e. The van der Waals surface area contributed by atoms with Crippen molar-refractivity contribution in [3.8, 4) is 11.5 Å². The van der Waals surface area contributed by atoms with Gasteiger partial charge in [-0.15, -0.1) is 12.4 Å². The third kappa shape index (κ3) is 5.24. The van der Waals surface area contributed by atoms with Crippen LogP contribution in [0.3, 0.4) is 0 Å². The molecule has 0 amide bonds. The predicted molar refractivity (Wildman–Crippen MR) is 93.3 cm³/mol. The summed E-state index contributed by atoms with van der Waals surface area (Å²) < 4.78 is 11.0. The smallest absolute Gasteiger partial charge is 0.123 e. The van der Waals surface area contributed by atoms with Crippen LogP contribution < -0.4 is 14.8 Å². The van der Waals surface area contributed by atoms with Gasteiger partial charge in [0.05, 0.1) is 13.7 Å². The van der Waals surface area contributed by atoms with Crippen molar-refractivity contribution in [1.82, 2.24) is 5.32 Å². The third-order valence-electron chi connectivity index (χ3n) is 3.35. The van der Waals surface area contributed by atoms with Crippen LogP contribution in [-0.4, -0.2) is 20.3 Å². The Hall–Kier alpha value is -1.71. The highest BCUT2D eigenvalue weighted by atomic mass is 35.5. The molecule has 1 N–H and O–H groups in total. The first-order chi connectivity index (χ1) is 10.3. The maximum Gasteiger partial charge on any atom is 0.123 e. The molecular weight excluding hydrogens is 298 g/mol. The van der Waals surface area contributed by atoms with E-state index >= 15 is 0 Å². The zero-order valence-corrected chi connectivity index (χ0v) is 14.0. The van der Waals surface area contributed by atoms with Crippen LogP contribution in [0.1, 0.15) is 18.1 Å². The molecule has 2 aromatic rings. The van der Waals surface area contributed by atoms with Crippen LogP contribution in [0.4, 0.5) is 0 Å². The molecule has 0 heterocycles. The maximum atomic E-state index is 5.63. The number of para-hydroxylation sites is 2. The van der Waals surface area contributed by atoms with Crippen molar-refractivity contribution < 1.29 is 9.47 Å². The number of benzene rings is 2. The lowest BCUT2D eigenvalue weighted by Crippen LogP contribution is -2.17. The molecule has 0 aromatic heterocycles. The Morgan fingerprint density at radius 1 is 0.909 bits per heavy atom. The van der Waals surface area contributed by atoms with Crippen molar-refractivity contribution in [3.05, 3.63) is 59.7 Å². The Labute approximate surface area is 139 Å². The summed E-state index contributed by atoms with van der Waals surface area (Å²) in [7, 11) is 1.71. The van der Waals surface area contributed by atoms with Gasteiger partial charge in [0, 0.05) is 12.1 Å². The lowest BCUT2D eigenvalue weighted by Gasteiger charge is -2.12. The Kier molecular flexibility index (Phi) is 8.41. The van der Waals surface area contributed by atoms with Crippen LogP contribution >= 0.6 is 12.4 Å². The van der Waals surface area contributed by atoms with Crippen molar-refractivity contribution >= 4 is 12.4 Å². The van der Waals surface area contributed by atoms with E-state index in [9.17, 15) is 0 Å². The molecule has 0 atom stereocenters. The number of ether oxygens (including phenoxy) is 2. The van der Waals surface area contributed by atoms with Crippen molar-refractivity contribution in [2.45, 2.75) is 19.9 Å². The van der Waals surface area contributed by atoms with Gasteiger partial charge in [-0.05, 0) is 37.6 Å². The summed E-state index contributed by atoms with van der Waals surface area (Å²) in [5, 5.41) is 3.46. The molecule has 0 radical (unpaired) electrons. The second-order valence-electron chi connectivity index (χ2n) is 4.78. The van der Waals surface area contributed by atoms with E-state index in [-0.39, 0.29) is 12.4 Å².